The van der Waals surface area contributed by atoms with Crippen LogP contribution in [0.4, 0.5) is 10.5 Å². The molecule has 5 heteroatoms. The van der Waals surface area contributed by atoms with Gasteiger partial charge in [-0.15, -0.1) is 0 Å². The molecule has 0 saturated carbocycles. The van der Waals surface area contributed by atoms with E-state index < -0.39 is 6.03 Å². The number of hydrogen-bond acceptors (Lipinski definition) is 3. The monoisotopic (exact) mass is 169 g/mol. The van der Waals surface area contributed by atoms with E-state index in [1.165, 1.54) is 4.90 Å². The number of aryl methyl sites for hydroxylation is 2. The van der Waals surface area contributed by atoms with Crippen molar-refractivity contribution < 1.29 is 9.32 Å². The number of primary amides is 1. The van der Waals surface area contributed by atoms with E-state index in [9.17, 15) is 4.79 Å². The maximum atomic E-state index is 10.8. The van der Waals surface area contributed by atoms with Crippen molar-refractivity contribution in [3.8, 4) is 0 Å². The third kappa shape index (κ3) is 1.25. The Balaban J connectivity index is 3.08. The van der Waals surface area contributed by atoms with Gasteiger partial charge >= 0.3 is 6.03 Å². The number of urea groups is 1. The fraction of sp³-hybridized carbons (Fsp3) is 0.429. The molecule has 5 nitrogen and oxygen atoms in total. The van der Waals surface area contributed by atoms with Crippen LogP contribution < -0.4 is 10.6 Å². The zero-order chi connectivity index (χ0) is 9.30. The first kappa shape index (κ1) is 8.58. The molecule has 12 heavy (non-hydrogen) atoms. The Morgan fingerprint density at radius 1 is 1.58 bits per heavy atom. The van der Waals surface area contributed by atoms with Crippen LogP contribution in [0.1, 0.15) is 11.5 Å². The van der Waals surface area contributed by atoms with Crippen molar-refractivity contribution in [2.45, 2.75) is 13.8 Å². The van der Waals surface area contributed by atoms with E-state index in [1.54, 1.807) is 20.9 Å². The van der Waals surface area contributed by atoms with Gasteiger partial charge < -0.3 is 10.3 Å². The molecule has 2 N–H and O–H groups in total. The molecule has 1 rings (SSSR count). The van der Waals surface area contributed by atoms with E-state index in [1.807, 2.05) is 0 Å². The average Bonchev–Trinajstić information content (AvgIpc) is 2.30. The zero-order valence-electron chi connectivity index (χ0n) is 7.29. The van der Waals surface area contributed by atoms with Crippen LogP contribution in [0.25, 0.3) is 0 Å². The van der Waals surface area contributed by atoms with E-state index in [2.05, 4.69) is 5.16 Å². The van der Waals surface area contributed by atoms with E-state index >= 15 is 0 Å². The van der Waals surface area contributed by atoms with Crippen molar-refractivity contribution in [3.63, 3.8) is 0 Å². The molecule has 0 radical (unpaired) electrons. The molecule has 66 valence electrons. The number of amides is 2. The lowest BCUT2D eigenvalue weighted by atomic mass is 10.3. The molecule has 0 atom stereocenters. The molecule has 0 bridgehead atoms. The summed E-state index contributed by atoms with van der Waals surface area (Å²) in [6, 6.07) is -0.524. The van der Waals surface area contributed by atoms with Gasteiger partial charge in [0.2, 0.25) is 0 Å². The smallest absolute Gasteiger partial charge is 0.319 e. The second kappa shape index (κ2) is 2.84. The van der Waals surface area contributed by atoms with Gasteiger partial charge in [-0.2, -0.15) is 0 Å². The first-order valence-corrected chi connectivity index (χ1v) is 3.50. The standard InChI is InChI=1S/C7H11N3O2/c1-4-6(5(2)12-9-4)10(3)7(8)11/h1-3H3,(H2,8,11). The minimum absolute atomic E-state index is 0.524. The number of carbonyl (C=O) groups excluding carboxylic acids is 1. The number of carbonyl (C=O) groups is 1. The fourth-order valence-electron chi connectivity index (χ4n) is 1.07. The highest BCUT2D eigenvalue weighted by Gasteiger charge is 2.16. The van der Waals surface area contributed by atoms with Crippen molar-refractivity contribution in [2.24, 2.45) is 5.73 Å². The number of anilines is 1. The highest BCUT2D eigenvalue weighted by atomic mass is 16.5. The summed E-state index contributed by atoms with van der Waals surface area (Å²) < 4.78 is 4.87. The summed E-state index contributed by atoms with van der Waals surface area (Å²) in [6.07, 6.45) is 0. The Morgan fingerprint density at radius 2 is 2.17 bits per heavy atom. The Kier molecular flexibility index (Phi) is 2.03. The van der Waals surface area contributed by atoms with Crippen molar-refractivity contribution in [3.05, 3.63) is 11.5 Å². The van der Waals surface area contributed by atoms with E-state index in [4.69, 9.17) is 10.3 Å². The SMILES string of the molecule is Cc1noc(C)c1N(C)C(N)=O. The molecule has 0 spiro atoms. The Labute approximate surface area is 70.1 Å². The van der Waals surface area contributed by atoms with Gasteiger partial charge in [0.1, 0.15) is 11.4 Å². The Hall–Kier alpha value is -1.52. The molecule has 1 heterocycles. The first-order valence-electron chi connectivity index (χ1n) is 3.50. The molecule has 0 saturated heterocycles. The Morgan fingerprint density at radius 3 is 2.50 bits per heavy atom. The lowest BCUT2D eigenvalue weighted by Gasteiger charge is -2.12. The highest BCUT2D eigenvalue weighted by Crippen LogP contribution is 2.22. The first-order chi connectivity index (χ1) is 5.54. The number of nitrogens with two attached hydrogens (primary N) is 1. The average molecular weight is 169 g/mol. The van der Waals surface area contributed by atoms with Crippen molar-refractivity contribution in [2.75, 3.05) is 11.9 Å². The number of hydrogen-bond donors (Lipinski definition) is 1. The molecule has 2 amide bonds. The van der Waals surface area contributed by atoms with Crippen LogP contribution >= 0.6 is 0 Å². The molecule has 0 unspecified atom stereocenters. The quantitative estimate of drug-likeness (QED) is 0.676. The highest BCUT2D eigenvalue weighted by molar-refractivity contribution is 5.91. The van der Waals surface area contributed by atoms with Crippen LogP contribution in [0.15, 0.2) is 4.52 Å². The van der Waals surface area contributed by atoms with Gasteiger partial charge in [0.25, 0.3) is 0 Å². The summed E-state index contributed by atoms with van der Waals surface area (Å²) >= 11 is 0. The van der Waals surface area contributed by atoms with Crippen LogP contribution in [0, 0.1) is 13.8 Å². The van der Waals surface area contributed by atoms with Gasteiger partial charge in [-0.25, -0.2) is 4.79 Å². The van der Waals surface area contributed by atoms with Gasteiger partial charge in [0.05, 0.1) is 0 Å². The van der Waals surface area contributed by atoms with Crippen LogP contribution in [0.2, 0.25) is 0 Å². The van der Waals surface area contributed by atoms with Gasteiger partial charge in [-0.1, -0.05) is 5.16 Å². The topological polar surface area (TPSA) is 72.4 Å². The number of aromatic nitrogens is 1. The van der Waals surface area contributed by atoms with Gasteiger partial charge in [0.15, 0.2) is 5.76 Å². The number of rotatable bonds is 1. The van der Waals surface area contributed by atoms with E-state index in [0.29, 0.717) is 17.1 Å². The van der Waals surface area contributed by atoms with E-state index in [-0.39, 0.29) is 0 Å². The second-order valence-electron chi connectivity index (χ2n) is 2.57. The summed E-state index contributed by atoms with van der Waals surface area (Å²) in [5.74, 6) is 0.591. The third-order valence-corrected chi connectivity index (χ3v) is 1.66. The molecule has 0 aromatic carbocycles. The van der Waals surface area contributed by atoms with Crippen molar-refractivity contribution in [1.82, 2.24) is 5.16 Å². The molecule has 1 aromatic heterocycles. The van der Waals surface area contributed by atoms with Gasteiger partial charge in [-0.05, 0) is 13.8 Å². The van der Waals surface area contributed by atoms with Gasteiger partial charge in [-0.3, -0.25) is 4.90 Å². The van der Waals surface area contributed by atoms with Crippen molar-refractivity contribution in [1.29, 1.82) is 0 Å². The van der Waals surface area contributed by atoms with Crippen LogP contribution in [-0.4, -0.2) is 18.2 Å². The van der Waals surface area contributed by atoms with Crippen molar-refractivity contribution >= 4 is 11.7 Å². The second-order valence-corrected chi connectivity index (χ2v) is 2.57. The van der Waals surface area contributed by atoms with E-state index in [0.717, 1.165) is 0 Å². The summed E-state index contributed by atoms with van der Waals surface area (Å²) in [6.45, 7) is 3.49. The summed E-state index contributed by atoms with van der Waals surface area (Å²) in [4.78, 5) is 12.1. The Bertz CT molecular complexity index is 286. The predicted octanol–water partition coefficient (Wildman–Crippen LogP) is 0.806. The molecule has 0 aliphatic heterocycles. The van der Waals surface area contributed by atoms with Crippen LogP contribution in [-0.2, 0) is 0 Å². The summed E-state index contributed by atoms with van der Waals surface area (Å²) in [5, 5.41) is 3.70. The summed E-state index contributed by atoms with van der Waals surface area (Å²) in [5.41, 5.74) is 6.38. The minimum Gasteiger partial charge on any atom is -0.359 e. The molecule has 0 fully saturated rings. The molecule has 0 aliphatic rings. The summed E-state index contributed by atoms with van der Waals surface area (Å²) in [7, 11) is 1.58. The molecule has 1 aromatic rings. The third-order valence-electron chi connectivity index (χ3n) is 1.66. The molecular weight excluding hydrogens is 158 g/mol. The largest absolute Gasteiger partial charge is 0.359 e. The lowest BCUT2D eigenvalue weighted by molar-refractivity contribution is 0.255. The van der Waals surface area contributed by atoms with Gasteiger partial charge in [0, 0.05) is 7.05 Å². The normalized spacial score (nSPS) is 9.92. The zero-order valence-corrected chi connectivity index (χ0v) is 7.29. The fourth-order valence-corrected chi connectivity index (χ4v) is 1.07. The maximum absolute atomic E-state index is 10.8. The molecule has 0 aliphatic carbocycles. The lowest BCUT2D eigenvalue weighted by Crippen LogP contribution is -2.32. The van der Waals surface area contributed by atoms with Crippen LogP contribution in [0.3, 0.4) is 0 Å². The predicted molar refractivity (Wildman–Crippen MR) is 44.0 cm³/mol. The minimum atomic E-state index is -0.524. The maximum Gasteiger partial charge on any atom is 0.319 e. The van der Waals surface area contributed by atoms with Crippen LogP contribution in [0.5, 0.6) is 0 Å². The number of nitrogens with zero attached hydrogens (tertiary/aromatic N) is 2. The molecular formula is C7H11N3O2.